The summed E-state index contributed by atoms with van der Waals surface area (Å²) in [5.41, 5.74) is -0.550. The number of unbranched alkanes of at least 4 members (excludes halogenated alkanes) is 5. The lowest BCUT2D eigenvalue weighted by Crippen LogP contribution is -2.32. The standard InChI is InChI=1S/C44H53F7N2O11S3/c1-42(22-10-14-26-65(56,57)58)31-29-30(44(49,50)51)20-21-32(31)52(24-13-16-28-67(62,63)64)33(42)17-7-4-3-5-8-18-34-43(2,23-11-15-27-66(59,60)61)36-37(45)38(46)39(47)40(48)41(36)53(34)25-12-6-9-19-35(54)55/h4-5,7,17-18,20-21,29H,6,8-16,19,22-28H2,1-2H3,(H3-,54,55,56,57,58,59,60,61,62,63,64)/p+1/b17-7?,34-18+. The van der Waals surface area contributed by atoms with Crippen LogP contribution in [-0.4, -0.2) is 90.6 Å². The largest absolute Gasteiger partial charge is 0.481 e. The Bertz CT molecular complexity index is 2680. The monoisotopic (exact) mass is 1020 g/mol. The molecule has 2 aliphatic rings. The number of carbonyl (C=O) groups is 1. The van der Waals surface area contributed by atoms with Gasteiger partial charge in [0.05, 0.1) is 33.9 Å². The Labute approximate surface area is 385 Å². The minimum absolute atomic E-state index is 0.00548. The number of allylic oxidation sites excluding steroid dienone is 5. The van der Waals surface area contributed by atoms with Crippen LogP contribution in [0.3, 0.4) is 0 Å². The van der Waals surface area contributed by atoms with Crippen LogP contribution in [0.1, 0.15) is 114 Å². The van der Waals surface area contributed by atoms with Crippen LogP contribution >= 0.6 is 0 Å². The molecule has 2 unspecified atom stereocenters. The first kappa shape index (κ1) is 55.2. The molecule has 0 amide bonds. The second kappa shape index (κ2) is 22.4. The molecular formula is C44H54F7N2O11S3+. The van der Waals surface area contributed by atoms with E-state index in [-0.39, 0.29) is 101 Å². The number of hydrogen-bond acceptors (Lipinski definition) is 8. The summed E-state index contributed by atoms with van der Waals surface area (Å²) in [7, 11) is -13.0. The predicted octanol–water partition coefficient (Wildman–Crippen LogP) is 9.37. The highest BCUT2D eigenvalue weighted by atomic mass is 32.2. The van der Waals surface area contributed by atoms with Crippen molar-refractivity contribution < 1.29 is 84.1 Å². The molecule has 0 aliphatic carbocycles. The summed E-state index contributed by atoms with van der Waals surface area (Å²) < 4.78 is 201. The van der Waals surface area contributed by atoms with Crippen LogP contribution in [0.15, 0.2) is 60.0 Å². The van der Waals surface area contributed by atoms with Crippen LogP contribution in [-0.2, 0) is 52.2 Å². The van der Waals surface area contributed by atoms with Crippen molar-refractivity contribution in [2.45, 2.75) is 114 Å². The van der Waals surface area contributed by atoms with Gasteiger partial charge in [-0.15, -0.1) is 5.73 Å². The van der Waals surface area contributed by atoms with Gasteiger partial charge in [0, 0.05) is 53.8 Å². The van der Waals surface area contributed by atoms with Crippen molar-refractivity contribution >= 4 is 53.4 Å². The van der Waals surface area contributed by atoms with Gasteiger partial charge in [0.2, 0.25) is 5.69 Å². The average molecular weight is 1020 g/mol. The molecule has 0 bridgehead atoms. The van der Waals surface area contributed by atoms with Gasteiger partial charge in [0.1, 0.15) is 6.54 Å². The predicted molar refractivity (Wildman–Crippen MR) is 236 cm³/mol. The molecule has 2 aromatic rings. The van der Waals surface area contributed by atoms with Crippen LogP contribution < -0.4 is 4.90 Å². The molecule has 2 aromatic carbocycles. The van der Waals surface area contributed by atoms with Gasteiger partial charge in [-0.05, 0) is 95.6 Å². The third kappa shape index (κ3) is 14.6. The van der Waals surface area contributed by atoms with Crippen LogP contribution in [0.25, 0.3) is 0 Å². The maximum atomic E-state index is 15.8. The fourth-order valence-corrected chi connectivity index (χ4v) is 10.5. The summed E-state index contributed by atoms with van der Waals surface area (Å²) in [6.07, 6.45) is 3.67. The molecule has 0 radical (unpaired) electrons. The van der Waals surface area contributed by atoms with Crippen LogP contribution in [0.2, 0.25) is 0 Å². The Balaban J connectivity index is 1.76. The zero-order valence-electron chi connectivity index (χ0n) is 36.8. The van der Waals surface area contributed by atoms with Gasteiger partial charge in [-0.3, -0.25) is 18.5 Å². The second-order valence-corrected chi connectivity index (χ2v) is 21.7. The number of nitrogens with zero attached hydrogens (tertiary/aromatic N) is 2. The SMILES string of the molecule is CC1(CCCCS(=O)(=O)O)C(C=CC=C=CC/C=C2/N(CCCCCC(=O)O)c3c(F)c(F)c(F)c(F)c3C2(C)CCCCS(=O)(=O)O)=[N+](CCCCS(=O)(=O)O)c2ccc(C(F)(F)F)cc21. The number of rotatable bonds is 25. The quantitative estimate of drug-likeness (QED) is 0.0107. The molecule has 0 aromatic heterocycles. The Morgan fingerprint density at radius 1 is 0.761 bits per heavy atom. The zero-order chi connectivity index (χ0) is 50.2. The first-order chi connectivity index (χ1) is 31.0. The van der Waals surface area contributed by atoms with E-state index in [9.17, 15) is 65.7 Å². The van der Waals surface area contributed by atoms with Crippen molar-refractivity contribution in [1.29, 1.82) is 0 Å². The summed E-state index contributed by atoms with van der Waals surface area (Å²) in [6.45, 7) is 3.16. The fraction of sp³-hybridized carbons (Fsp3) is 0.523. The summed E-state index contributed by atoms with van der Waals surface area (Å²) >= 11 is 0. The average Bonchev–Trinajstić information content (AvgIpc) is 3.59. The van der Waals surface area contributed by atoms with Crippen molar-refractivity contribution in [3.63, 3.8) is 0 Å². The van der Waals surface area contributed by atoms with E-state index >= 15 is 8.78 Å². The number of anilines is 1. The van der Waals surface area contributed by atoms with E-state index in [4.69, 9.17) is 5.11 Å². The van der Waals surface area contributed by atoms with E-state index in [0.717, 1.165) is 12.1 Å². The van der Waals surface area contributed by atoms with Gasteiger partial charge in [-0.2, -0.15) is 43.0 Å². The van der Waals surface area contributed by atoms with E-state index in [1.165, 1.54) is 42.2 Å². The van der Waals surface area contributed by atoms with Gasteiger partial charge in [0.25, 0.3) is 30.4 Å². The Hall–Kier alpha value is -4.38. The maximum absolute atomic E-state index is 15.8. The van der Waals surface area contributed by atoms with Gasteiger partial charge in [-0.1, -0.05) is 25.3 Å². The van der Waals surface area contributed by atoms with Crippen LogP contribution in [0, 0.1) is 23.3 Å². The van der Waals surface area contributed by atoms with Crippen molar-refractivity contribution in [2.24, 2.45) is 0 Å². The number of carboxylic acid groups (broad SMARTS) is 1. The lowest BCUT2D eigenvalue weighted by atomic mass is 9.75. The van der Waals surface area contributed by atoms with Gasteiger partial charge < -0.3 is 10.0 Å². The van der Waals surface area contributed by atoms with Crippen LogP contribution in [0.4, 0.5) is 42.1 Å². The molecule has 13 nitrogen and oxygen atoms in total. The smallest absolute Gasteiger partial charge is 0.416 e. The van der Waals surface area contributed by atoms with E-state index in [2.05, 4.69) is 5.73 Å². The first-order valence-electron chi connectivity index (χ1n) is 21.4. The Morgan fingerprint density at radius 2 is 1.33 bits per heavy atom. The molecule has 2 heterocycles. The molecular weight excluding hydrogens is 962 g/mol. The third-order valence-electron chi connectivity index (χ3n) is 11.9. The van der Waals surface area contributed by atoms with Crippen molar-refractivity contribution in [3.8, 4) is 0 Å². The number of halogens is 7. The van der Waals surface area contributed by atoms with Crippen molar-refractivity contribution in [1.82, 2.24) is 0 Å². The summed E-state index contributed by atoms with van der Waals surface area (Å²) in [5, 5.41) is 9.06. The summed E-state index contributed by atoms with van der Waals surface area (Å²) in [6, 6.07) is 3.18. The van der Waals surface area contributed by atoms with Gasteiger partial charge in [-0.25, -0.2) is 17.6 Å². The number of carboxylic acids is 1. The van der Waals surface area contributed by atoms with Crippen molar-refractivity contribution in [2.75, 3.05) is 35.2 Å². The highest BCUT2D eigenvalue weighted by Gasteiger charge is 2.50. The summed E-state index contributed by atoms with van der Waals surface area (Å²) in [5.74, 6) is -10.3. The first-order valence-corrected chi connectivity index (χ1v) is 26.2. The molecule has 372 valence electrons. The number of benzene rings is 2. The normalized spacial score (nSPS) is 19.3. The lowest BCUT2D eigenvalue weighted by Gasteiger charge is -2.31. The third-order valence-corrected chi connectivity index (χ3v) is 14.4. The van der Waals surface area contributed by atoms with E-state index < -0.39 is 111 Å². The molecule has 4 N–H and O–H groups in total. The molecule has 67 heavy (non-hydrogen) atoms. The molecule has 0 spiro atoms. The number of hydrogen-bond donors (Lipinski definition) is 4. The minimum Gasteiger partial charge on any atom is -0.481 e. The highest BCUT2D eigenvalue weighted by Crippen LogP contribution is 2.54. The number of fused-ring (bicyclic) bond motifs is 2. The van der Waals surface area contributed by atoms with Gasteiger partial charge >= 0.3 is 12.1 Å². The fourth-order valence-electron chi connectivity index (χ4n) is 8.78. The Morgan fingerprint density at radius 3 is 1.90 bits per heavy atom. The van der Waals surface area contributed by atoms with E-state index in [0.29, 0.717) is 17.8 Å². The van der Waals surface area contributed by atoms with Gasteiger partial charge in [0.15, 0.2) is 29.0 Å². The minimum atomic E-state index is -4.72. The molecule has 23 heteroatoms. The number of aliphatic carboxylic acids is 1. The summed E-state index contributed by atoms with van der Waals surface area (Å²) in [4.78, 5) is 12.4. The van der Waals surface area contributed by atoms with Crippen LogP contribution in [0.5, 0.6) is 0 Å². The molecule has 2 atom stereocenters. The highest BCUT2D eigenvalue weighted by molar-refractivity contribution is 7.86. The van der Waals surface area contributed by atoms with E-state index in [1.807, 2.05) is 0 Å². The molecule has 0 fully saturated rings. The lowest BCUT2D eigenvalue weighted by molar-refractivity contribution is -0.438. The molecule has 2 aliphatic heterocycles. The van der Waals surface area contributed by atoms with Crippen molar-refractivity contribution in [3.05, 3.63) is 100.0 Å². The zero-order valence-corrected chi connectivity index (χ0v) is 39.2. The molecule has 0 saturated heterocycles. The number of alkyl halides is 3. The Kier molecular flexibility index (Phi) is 18.4. The topological polar surface area (TPSA) is 207 Å². The second-order valence-electron chi connectivity index (χ2n) is 17.0. The maximum Gasteiger partial charge on any atom is 0.416 e. The van der Waals surface area contributed by atoms with E-state index in [1.54, 1.807) is 17.6 Å². The molecule has 0 saturated carbocycles. The molecule has 4 rings (SSSR count).